The van der Waals surface area contributed by atoms with Crippen LogP contribution in [0.15, 0.2) is 18.2 Å². The average molecular weight is 249 g/mol. The van der Waals surface area contributed by atoms with Gasteiger partial charge < -0.3 is 10.0 Å². The lowest BCUT2D eigenvalue weighted by molar-refractivity contribution is -0.140. The predicted octanol–water partition coefficient (Wildman–Crippen LogP) is 2.38. The molecule has 18 heavy (non-hydrogen) atoms. The smallest absolute Gasteiger partial charge is 0.304 e. The molecule has 0 saturated heterocycles. The molecule has 1 rings (SSSR count). The number of aryl methyl sites for hydroxylation is 2. The Kier molecular flexibility index (Phi) is 4.48. The van der Waals surface area contributed by atoms with E-state index in [1.807, 2.05) is 32.0 Å². The third kappa shape index (κ3) is 3.32. The topological polar surface area (TPSA) is 57.6 Å². The van der Waals surface area contributed by atoms with Crippen LogP contribution in [0.4, 0.5) is 5.69 Å². The average Bonchev–Trinajstić information content (AvgIpc) is 2.29. The Morgan fingerprint density at radius 3 is 2.50 bits per heavy atom. The molecule has 1 unspecified atom stereocenters. The Bertz CT molecular complexity index is 468. The minimum absolute atomic E-state index is 0.145. The van der Waals surface area contributed by atoms with Crippen LogP contribution in [0.5, 0.6) is 0 Å². The van der Waals surface area contributed by atoms with Gasteiger partial charge in [0.1, 0.15) is 0 Å². The molecule has 1 amide bonds. The van der Waals surface area contributed by atoms with Crippen molar-refractivity contribution in [2.45, 2.75) is 27.2 Å². The summed E-state index contributed by atoms with van der Waals surface area (Å²) < 4.78 is 0. The van der Waals surface area contributed by atoms with Crippen molar-refractivity contribution in [2.24, 2.45) is 5.92 Å². The molecule has 0 fully saturated rings. The van der Waals surface area contributed by atoms with Crippen LogP contribution in [-0.2, 0) is 9.59 Å². The summed E-state index contributed by atoms with van der Waals surface area (Å²) in [5.41, 5.74) is 2.90. The highest BCUT2D eigenvalue weighted by Crippen LogP contribution is 2.22. The van der Waals surface area contributed by atoms with Crippen molar-refractivity contribution >= 4 is 17.6 Å². The van der Waals surface area contributed by atoms with Gasteiger partial charge in [0.2, 0.25) is 5.91 Å². The zero-order chi connectivity index (χ0) is 13.9. The van der Waals surface area contributed by atoms with Crippen LogP contribution < -0.4 is 4.90 Å². The van der Waals surface area contributed by atoms with Crippen molar-refractivity contribution < 1.29 is 14.7 Å². The lowest BCUT2D eigenvalue weighted by Gasteiger charge is -2.23. The molecule has 0 saturated carbocycles. The first-order valence-electron chi connectivity index (χ1n) is 5.89. The third-order valence-electron chi connectivity index (χ3n) is 2.96. The van der Waals surface area contributed by atoms with Gasteiger partial charge in [0, 0.05) is 18.7 Å². The molecule has 0 aliphatic rings. The normalized spacial score (nSPS) is 12.0. The summed E-state index contributed by atoms with van der Waals surface area (Å²) in [6.45, 7) is 5.53. The molecule has 0 bridgehead atoms. The number of anilines is 1. The molecule has 4 nitrogen and oxygen atoms in total. The van der Waals surface area contributed by atoms with Crippen LogP contribution in [0.1, 0.15) is 24.5 Å². The van der Waals surface area contributed by atoms with Gasteiger partial charge >= 0.3 is 5.97 Å². The summed E-state index contributed by atoms with van der Waals surface area (Å²) in [7, 11) is 1.68. The standard InChI is InChI=1S/C14H19NO3/c1-9-5-6-10(2)12(7-9)15(4)14(18)11(3)8-13(16)17/h5-7,11H,8H2,1-4H3,(H,16,17). The summed E-state index contributed by atoms with van der Waals surface area (Å²) in [6.07, 6.45) is -0.145. The maximum Gasteiger partial charge on any atom is 0.304 e. The summed E-state index contributed by atoms with van der Waals surface area (Å²) in [6, 6.07) is 5.87. The second-order valence-electron chi connectivity index (χ2n) is 4.69. The minimum atomic E-state index is -0.954. The lowest BCUT2D eigenvalue weighted by Crippen LogP contribution is -2.33. The first-order valence-corrected chi connectivity index (χ1v) is 5.89. The van der Waals surface area contributed by atoms with Crippen molar-refractivity contribution in [1.29, 1.82) is 0 Å². The molecule has 1 aromatic carbocycles. The van der Waals surface area contributed by atoms with Crippen LogP contribution in [0.2, 0.25) is 0 Å². The van der Waals surface area contributed by atoms with Gasteiger partial charge in [0.15, 0.2) is 0 Å². The van der Waals surface area contributed by atoms with Gasteiger partial charge in [-0.05, 0) is 31.0 Å². The zero-order valence-corrected chi connectivity index (χ0v) is 11.2. The van der Waals surface area contributed by atoms with Crippen molar-refractivity contribution in [3.63, 3.8) is 0 Å². The van der Waals surface area contributed by atoms with Gasteiger partial charge in [0.05, 0.1) is 6.42 Å². The van der Waals surface area contributed by atoms with Gasteiger partial charge in [-0.3, -0.25) is 9.59 Å². The molecule has 0 radical (unpaired) electrons. The number of amides is 1. The van der Waals surface area contributed by atoms with E-state index in [0.717, 1.165) is 16.8 Å². The SMILES string of the molecule is Cc1ccc(C)c(N(C)C(=O)C(C)CC(=O)O)c1. The summed E-state index contributed by atoms with van der Waals surface area (Å²) in [4.78, 5) is 24.3. The van der Waals surface area contributed by atoms with E-state index in [4.69, 9.17) is 5.11 Å². The number of carboxylic acids is 1. The number of rotatable bonds is 4. The van der Waals surface area contributed by atoms with E-state index in [1.54, 1.807) is 14.0 Å². The fourth-order valence-corrected chi connectivity index (χ4v) is 1.88. The van der Waals surface area contributed by atoms with Crippen molar-refractivity contribution in [3.05, 3.63) is 29.3 Å². The molecule has 98 valence electrons. The molecule has 0 heterocycles. The Labute approximate surface area is 107 Å². The van der Waals surface area contributed by atoms with Gasteiger partial charge in [-0.2, -0.15) is 0 Å². The summed E-state index contributed by atoms with van der Waals surface area (Å²) in [5.74, 6) is -1.65. The molecule has 0 aliphatic heterocycles. The Hall–Kier alpha value is -1.84. The van der Waals surface area contributed by atoms with E-state index in [9.17, 15) is 9.59 Å². The largest absolute Gasteiger partial charge is 0.481 e. The van der Waals surface area contributed by atoms with Crippen LogP contribution >= 0.6 is 0 Å². The molecule has 0 aliphatic carbocycles. The van der Waals surface area contributed by atoms with Crippen molar-refractivity contribution in [3.8, 4) is 0 Å². The second-order valence-corrected chi connectivity index (χ2v) is 4.69. The van der Waals surface area contributed by atoms with E-state index < -0.39 is 11.9 Å². The number of carboxylic acid groups (broad SMARTS) is 1. The van der Waals surface area contributed by atoms with Gasteiger partial charge in [0.25, 0.3) is 0 Å². The van der Waals surface area contributed by atoms with Crippen LogP contribution in [0.25, 0.3) is 0 Å². The minimum Gasteiger partial charge on any atom is -0.481 e. The highest BCUT2D eigenvalue weighted by Gasteiger charge is 2.22. The molecule has 4 heteroatoms. The van der Waals surface area contributed by atoms with Gasteiger partial charge in [-0.1, -0.05) is 19.1 Å². The van der Waals surface area contributed by atoms with Gasteiger partial charge in [-0.25, -0.2) is 0 Å². The number of carbonyl (C=O) groups excluding carboxylic acids is 1. The van der Waals surface area contributed by atoms with E-state index in [0.29, 0.717) is 0 Å². The van der Waals surface area contributed by atoms with E-state index in [1.165, 1.54) is 4.90 Å². The number of hydrogen-bond acceptors (Lipinski definition) is 2. The molecular weight excluding hydrogens is 230 g/mol. The van der Waals surface area contributed by atoms with Crippen LogP contribution in [0, 0.1) is 19.8 Å². The second kappa shape index (κ2) is 5.67. The highest BCUT2D eigenvalue weighted by molar-refractivity contribution is 5.96. The first kappa shape index (κ1) is 14.2. The van der Waals surface area contributed by atoms with Crippen molar-refractivity contribution in [1.82, 2.24) is 0 Å². The van der Waals surface area contributed by atoms with Crippen LogP contribution in [0.3, 0.4) is 0 Å². The summed E-state index contributed by atoms with van der Waals surface area (Å²) in [5, 5.41) is 8.71. The maximum absolute atomic E-state index is 12.1. The lowest BCUT2D eigenvalue weighted by atomic mass is 10.0. The predicted molar refractivity (Wildman–Crippen MR) is 70.7 cm³/mol. The van der Waals surface area contributed by atoms with Crippen LogP contribution in [-0.4, -0.2) is 24.0 Å². The fourth-order valence-electron chi connectivity index (χ4n) is 1.88. The Balaban J connectivity index is 2.92. The molecule has 0 spiro atoms. The number of hydrogen-bond donors (Lipinski definition) is 1. The van der Waals surface area contributed by atoms with E-state index in [-0.39, 0.29) is 12.3 Å². The number of nitrogens with zero attached hydrogens (tertiary/aromatic N) is 1. The van der Waals surface area contributed by atoms with E-state index >= 15 is 0 Å². The number of aliphatic carboxylic acids is 1. The molecule has 0 aromatic heterocycles. The number of benzene rings is 1. The molecule has 1 atom stereocenters. The molecule has 1 N–H and O–H groups in total. The molecule has 1 aromatic rings. The number of carbonyl (C=O) groups is 2. The Morgan fingerprint density at radius 2 is 1.94 bits per heavy atom. The fraction of sp³-hybridized carbons (Fsp3) is 0.429. The highest BCUT2D eigenvalue weighted by atomic mass is 16.4. The van der Waals surface area contributed by atoms with Gasteiger partial charge in [-0.15, -0.1) is 0 Å². The quantitative estimate of drug-likeness (QED) is 0.891. The zero-order valence-electron chi connectivity index (χ0n) is 11.2. The van der Waals surface area contributed by atoms with E-state index in [2.05, 4.69) is 0 Å². The first-order chi connectivity index (χ1) is 8.32. The summed E-state index contributed by atoms with van der Waals surface area (Å²) >= 11 is 0. The van der Waals surface area contributed by atoms with Crippen molar-refractivity contribution in [2.75, 3.05) is 11.9 Å². The molecular formula is C14H19NO3. The third-order valence-corrected chi connectivity index (χ3v) is 2.96. The Morgan fingerprint density at radius 1 is 1.33 bits per heavy atom. The monoisotopic (exact) mass is 249 g/mol. The maximum atomic E-state index is 12.1.